The number of carbonyl (C=O) groups is 5. The van der Waals surface area contributed by atoms with Crippen molar-refractivity contribution < 1.29 is 68.5 Å². The zero-order chi connectivity index (χ0) is 36.2. The number of carboxylic acids is 3. The molecule has 2 fully saturated rings. The molecule has 5 N–H and O–H groups in total. The molecule has 2 bridgehead atoms. The minimum Gasteiger partial charge on any atom is -0.479 e. The Bertz CT molecular complexity index is 1410. The van der Waals surface area contributed by atoms with Crippen LogP contribution < -0.4 is 0 Å². The first-order valence-electron chi connectivity index (χ1n) is 15.6. The number of ether oxygens (including phenoxy) is 4. The fourth-order valence-corrected chi connectivity index (χ4v) is 7.19. The molecule has 0 unspecified atom stereocenters. The van der Waals surface area contributed by atoms with Gasteiger partial charge in [0.25, 0.3) is 0 Å². The van der Waals surface area contributed by atoms with Gasteiger partial charge in [-0.3, -0.25) is 4.79 Å². The Labute approximate surface area is 281 Å². The second-order valence-corrected chi connectivity index (χ2v) is 13.7. The maximum atomic E-state index is 13.0. The SMILES string of the molecule is C=C(CC[C@]12O[C@H](C(=O)O)[C@@](O)(C(=O)O)[C@](C(=O)O)(O1)[C@H](OC(=O)/C=C/[C@@H](C)C[C@@H](C)CC)[C@H]2O)[C@@H](OC(C)=O)[C@H](C)Cc1cccs1. The molecule has 1 aromatic heterocycles. The van der Waals surface area contributed by atoms with Gasteiger partial charge in [-0.05, 0) is 48.1 Å². The summed E-state index contributed by atoms with van der Waals surface area (Å²) in [5, 5.41) is 55.3. The Kier molecular flexibility index (Phi) is 12.4. The number of fused-ring (bicyclic) bond motifs is 2. The molecule has 0 aliphatic carbocycles. The van der Waals surface area contributed by atoms with Crippen LogP contribution in [-0.4, -0.2) is 96.8 Å². The number of allylic oxidation sites excluding steroid dienone is 1. The highest BCUT2D eigenvalue weighted by Crippen LogP contribution is 2.56. The quantitative estimate of drug-likeness (QED) is 0.0898. The van der Waals surface area contributed by atoms with Gasteiger partial charge in [-0.2, -0.15) is 0 Å². The van der Waals surface area contributed by atoms with Crippen molar-refractivity contribution in [3.63, 3.8) is 0 Å². The van der Waals surface area contributed by atoms with Crippen molar-refractivity contribution in [3.8, 4) is 0 Å². The van der Waals surface area contributed by atoms with Gasteiger partial charge in [-0.15, -0.1) is 11.3 Å². The number of aliphatic hydroxyl groups is 2. The number of thiophene rings is 1. The Morgan fingerprint density at radius 2 is 1.79 bits per heavy atom. The normalized spacial score (nSPS) is 30.6. The fraction of sp³-hybridized carbons (Fsp3) is 0.606. The van der Waals surface area contributed by atoms with E-state index in [1.807, 2.05) is 45.2 Å². The highest BCUT2D eigenvalue weighted by molar-refractivity contribution is 7.09. The number of hydrogen-bond donors (Lipinski definition) is 5. The van der Waals surface area contributed by atoms with Gasteiger partial charge in [0.1, 0.15) is 12.2 Å². The van der Waals surface area contributed by atoms with Crippen LogP contribution in [0.2, 0.25) is 0 Å². The average molecular weight is 697 g/mol. The molecule has 48 heavy (non-hydrogen) atoms. The second kappa shape index (κ2) is 15.3. The van der Waals surface area contributed by atoms with Crippen LogP contribution in [0.5, 0.6) is 0 Å². The van der Waals surface area contributed by atoms with Crippen molar-refractivity contribution in [1.29, 1.82) is 0 Å². The maximum absolute atomic E-state index is 13.0. The summed E-state index contributed by atoms with van der Waals surface area (Å²) in [6.07, 6.45) is -4.73. The van der Waals surface area contributed by atoms with Crippen molar-refractivity contribution in [2.24, 2.45) is 17.8 Å². The van der Waals surface area contributed by atoms with E-state index in [1.54, 1.807) is 0 Å². The lowest BCUT2D eigenvalue weighted by Gasteiger charge is -2.48. The lowest BCUT2D eigenvalue weighted by Crippen LogP contribution is -2.78. The van der Waals surface area contributed by atoms with Crippen LogP contribution in [0.25, 0.3) is 0 Å². The standard InChI is InChI=1S/C33H44O14S/c1-7-17(2)15-18(3)10-11-23(35)45-26-25(36)31(46-27(28(37)38)32(43,29(39)40)33(26,47-31)30(41)42)13-12-19(4)24(44-21(6)34)20(5)16-22-9-8-14-48-22/h8-11,14,17-18,20,24-27,36,43H,4,7,12-13,15-16H2,1-3,5-6H3,(H,37,38)(H,39,40)(H,41,42)/b11-10+/t17-,18+,20+,24+,25+,26+,27+,31-,32+,33-/m0/s1. The summed E-state index contributed by atoms with van der Waals surface area (Å²) in [7, 11) is 0. The third-order valence-electron chi connectivity index (χ3n) is 8.99. The van der Waals surface area contributed by atoms with E-state index in [2.05, 4.69) is 6.58 Å². The number of carbonyl (C=O) groups excluding carboxylic acids is 2. The maximum Gasteiger partial charge on any atom is 0.344 e. The summed E-state index contributed by atoms with van der Waals surface area (Å²) in [4.78, 5) is 63.8. The van der Waals surface area contributed by atoms with Gasteiger partial charge in [0.2, 0.25) is 23.1 Å². The molecule has 0 radical (unpaired) electrons. The largest absolute Gasteiger partial charge is 0.479 e. The van der Waals surface area contributed by atoms with Gasteiger partial charge in [0.05, 0.1) is 0 Å². The summed E-state index contributed by atoms with van der Waals surface area (Å²) in [6.45, 7) is 12.9. The number of aliphatic carboxylic acids is 3. The summed E-state index contributed by atoms with van der Waals surface area (Å²) in [6, 6.07) is 3.76. The van der Waals surface area contributed by atoms with E-state index >= 15 is 0 Å². The van der Waals surface area contributed by atoms with E-state index in [4.69, 9.17) is 18.9 Å². The molecule has 0 amide bonds. The molecule has 1 aromatic rings. The van der Waals surface area contributed by atoms with E-state index in [1.165, 1.54) is 24.3 Å². The van der Waals surface area contributed by atoms with E-state index in [0.717, 1.165) is 17.4 Å². The van der Waals surface area contributed by atoms with Crippen molar-refractivity contribution in [1.82, 2.24) is 0 Å². The van der Waals surface area contributed by atoms with Gasteiger partial charge >= 0.3 is 29.8 Å². The Morgan fingerprint density at radius 3 is 2.31 bits per heavy atom. The highest BCUT2D eigenvalue weighted by atomic mass is 32.1. The zero-order valence-corrected chi connectivity index (χ0v) is 28.3. The number of carboxylic acid groups (broad SMARTS) is 3. The molecule has 2 saturated heterocycles. The molecule has 15 heteroatoms. The lowest BCUT2D eigenvalue weighted by molar-refractivity contribution is -0.374. The fourth-order valence-electron chi connectivity index (χ4n) is 6.34. The van der Waals surface area contributed by atoms with Crippen LogP contribution in [0, 0.1) is 17.8 Å². The highest BCUT2D eigenvalue weighted by Gasteiger charge is 2.85. The van der Waals surface area contributed by atoms with Crippen molar-refractivity contribution >= 4 is 41.2 Å². The molecule has 266 valence electrons. The van der Waals surface area contributed by atoms with Crippen LogP contribution in [0.4, 0.5) is 0 Å². The van der Waals surface area contributed by atoms with E-state index < -0.39 is 77.7 Å². The van der Waals surface area contributed by atoms with E-state index in [9.17, 15) is 49.5 Å². The van der Waals surface area contributed by atoms with E-state index in [-0.39, 0.29) is 23.8 Å². The van der Waals surface area contributed by atoms with Crippen LogP contribution in [0.1, 0.15) is 65.2 Å². The summed E-state index contributed by atoms with van der Waals surface area (Å²) >= 11 is 1.49. The molecule has 2 aliphatic heterocycles. The van der Waals surface area contributed by atoms with Gasteiger partial charge < -0.3 is 44.5 Å². The molecule has 3 rings (SSSR count). The van der Waals surface area contributed by atoms with Crippen LogP contribution in [0.15, 0.2) is 41.8 Å². The minimum absolute atomic E-state index is 0.120. The first kappa shape index (κ1) is 38.8. The van der Waals surface area contributed by atoms with Gasteiger partial charge in [-0.1, -0.05) is 52.8 Å². The molecular weight excluding hydrogens is 652 g/mol. The number of esters is 2. The minimum atomic E-state index is -3.89. The van der Waals surface area contributed by atoms with Crippen LogP contribution in [0.3, 0.4) is 0 Å². The average Bonchev–Trinajstić information content (AvgIpc) is 3.59. The first-order chi connectivity index (χ1) is 22.4. The predicted octanol–water partition coefficient (Wildman–Crippen LogP) is 2.95. The number of hydrogen-bond acceptors (Lipinski definition) is 12. The monoisotopic (exact) mass is 696 g/mol. The Hall–Kier alpha value is -3.63. The molecular formula is C33H44O14S. The van der Waals surface area contributed by atoms with Crippen molar-refractivity contribution in [2.75, 3.05) is 0 Å². The third kappa shape index (κ3) is 7.49. The molecule has 3 heterocycles. The first-order valence-corrected chi connectivity index (χ1v) is 16.5. The predicted molar refractivity (Wildman–Crippen MR) is 169 cm³/mol. The molecule has 10 atom stereocenters. The van der Waals surface area contributed by atoms with Gasteiger partial charge in [0.15, 0.2) is 6.10 Å². The third-order valence-corrected chi connectivity index (χ3v) is 9.89. The second-order valence-electron chi connectivity index (χ2n) is 12.7. The Morgan fingerprint density at radius 1 is 1.12 bits per heavy atom. The summed E-state index contributed by atoms with van der Waals surface area (Å²) < 4.78 is 22.0. The van der Waals surface area contributed by atoms with E-state index in [0.29, 0.717) is 18.8 Å². The topological polar surface area (TPSA) is 223 Å². The molecule has 14 nitrogen and oxygen atoms in total. The molecule has 2 aliphatic rings. The van der Waals surface area contributed by atoms with Gasteiger partial charge in [-0.25, -0.2) is 19.2 Å². The molecule has 0 saturated carbocycles. The van der Waals surface area contributed by atoms with Crippen molar-refractivity contribution in [2.45, 2.75) is 108 Å². The lowest BCUT2D eigenvalue weighted by atomic mass is 9.74. The zero-order valence-electron chi connectivity index (χ0n) is 27.5. The van der Waals surface area contributed by atoms with Crippen LogP contribution in [-0.2, 0) is 49.3 Å². The van der Waals surface area contributed by atoms with Crippen molar-refractivity contribution in [3.05, 3.63) is 46.7 Å². The smallest absolute Gasteiger partial charge is 0.344 e. The molecule has 0 aromatic carbocycles. The Balaban J connectivity index is 2.02. The number of rotatable bonds is 17. The summed E-state index contributed by atoms with van der Waals surface area (Å²) in [5.41, 5.74) is -7.18. The number of aliphatic hydroxyl groups excluding tert-OH is 1. The van der Waals surface area contributed by atoms with Crippen LogP contribution >= 0.6 is 11.3 Å². The summed E-state index contributed by atoms with van der Waals surface area (Å²) in [5.74, 6) is -11.3. The molecule has 0 spiro atoms. The van der Waals surface area contributed by atoms with Gasteiger partial charge in [0, 0.05) is 30.2 Å².